The Morgan fingerprint density at radius 2 is 2.03 bits per heavy atom. The summed E-state index contributed by atoms with van der Waals surface area (Å²) in [7, 11) is -3.81. The molecule has 32 heavy (non-hydrogen) atoms. The minimum absolute atomic E-state index is 0.208. The van der Waals surface area contributed by atoms with Gasteiger partial charge in [0.25, 0.3) is 0 Å². The highest BCUT2D eigenvalue weighted by Gasteiger charge is 2.58. The number of rotatable bonds is 6. The molecule has 4 rings (SSSR count). The maximum absolute atomic E-state index is 14.9. The molecule has 9 heteroatoms. The molecule has 0 spiro atoms. The van der Waals surface area contributed by atoms with E-state index in [1.165, 1.54) is 0 Å². The molecule has 2 unspecified atom stereocenters. The normalized spacial score (nSPS) is 32.6. The number of carbonyl (C=O) groups is 1. The van der Waals surface area contributed by atoms with Crippen molar-refractivity contribution < 1.29 is 22.3 Å². The predicted octanol–water partition coefficient (Wildman–Crippen LogP) is 3.57. The zero-order valence-corrected chi connectivity index (χ0v) is 20.0. The molecule has 1 N–H and O–H groups in total. The van der Waals surface area contributed by atoms with E-state index in [9.17, 15) is 17.6 Å². The van der Waals surface area contributed by atoms with Gasteiger partial charge in [0.15, 0.2) is 5.72 Å². The Bertz CT molecular complexity index is 1060. The van der Waals surface area contributed by atoms with E-state index in [0.717, 1.165) is 0 Å². The molecule has 2 fully saturated rings. The van der Waals surface area contributed by atoms with Gasteiger partial charge in [0.2, 0.25) is 15.9 Å². The highest BCUT2D eigenvalue weighted by Crippen LogP contribution is 2.48. The van der Waals surface area contributed by atoms with Crippen LogP contribution in [-0.2, 0) is 19.6 Å². The second-order valence-electron chi connectivity index (χ2n) is 10.1. The third-order valence-electron chi connectivity index (χ3n) is 7.16. The fourth-order valence-electron chi connectivity index (χ4n) is 4.80. The molecule has 176 valence electrons. The fourth-order valence-corrected chi connectivity index (χ4v) is 6.56. The van der Waals surface area contributed by atoms with Crippen molar-refractivity contribution in [2.45, 2.75) is 70.3 Å². The van der Waals surface area contributed by atoms with Gasteiger partial charge in [-0.1, -0.05) is 19.9 Å². The largest absolute Gasteiger partial charge is 0.348 e. The van der Waals surface area contributed by atoms with Gasteiger partial charge in [0.05, 0.1) is 28.7 Å². The Balaban J connectivity index is 1.85. The molecule has 0 radical (unpaired) electrons. The van der Waals surface area contributed by atoms with E-state index in [-0.39, 0.29) is 35.0 Å². The standard InChI is InChI=1S/C23H32FN3O4S/c1-6-8-23(10-11-23)32(29,30)26-19-18(25-17-7-9-21(3,4)14-16(17)24)15(2)20(28)27-12-13-31-22(19,27)5/h6,14-15,26H,1,7-13H2,2-5H3. The quantitative estimate of drug-likeness (QED) is 0.608. The molecule has 1 amide bonds. The van der Waals surface area contributed by atoms with E-state index in [0.29, 0.717) is 38.6 Å². The summed E-state index contributed by atoms with van der Waals surface area (Å²) in [5.74, 6) is -1.37. The number of fused-ring (bicyclic) bond motifs is 1. The number of allylic oxidation sites excluding steroid dienone is 3. The number of hydrogen-bond acceptors (Lipinski definition) is 5. The lowest BCUT2D eigenvalue weighted by Gasteiger charge is -2.42. The number of carbonyl (C=O) groups excluding carboxylic acids is 1. The SMILES string of the molecule is C=CCC1(S(=O)(=O)NC2=C(N=C3CCC(C)(C)C=C3F)C(C)C(=O)N3CCOC23C)CC1. The monoisotopic (exact) mass is 465 g/mol. The van der Waals surface area contributed by atoms with Crippen molar-refractivity contribution in [3.05, 3.63) is 36.0 Å². The van der Waals surface area contributed by atoms with E-state index in [1.54, 1.807) is 30.9 Å². The summed E-state index contributed by atoms with van der Waals surface area (Å²) in [6, 6.07) is 0. The van der Waals surface area contributed by atoms with Crippen molar-refractivity contribution >= 4 is 21.6 Å². The molecule has 0 aromatic heterocycles. The molecule has 0 aromatic rings. The summed E-state index contributed by atoms with van der Waals surface area (Å²) in [5, 5.41) is 0. The molecule has 2 aliphatic carbocycles. The first kappa shape index (κ1) is 23.2. The summed E-state index contributed by atoms with van der Waals surface area (Å²) in [5.41, 5.74) is -0.905. The van der Waals surface area contributed by atoms with Gasteiger partial charge < -0.3 is 9.64 Å². The molecule has 7 nitrogen and oxygen atoms in total. The number of sulfonamides is 1. The van der Waals surface area contributed by atoms with E-state index < -0.39 is 32.2 Å². The van der Waals surface area contributed by atoms with Gasteiger partial charge in [-0.15, -0.1) is 6.58 Å². The number of halogens is 1. The summed E-state index contributed by atoms with van der Waals surface area (Å²) in [6.07, 6.45) is 5.67. The summed E-state index contributed by atoms with van der Waals surface area (Å²) < 4.78 is 49.4. The summed E-state index contributed by atoms with van der Waals surface area (Å²) in [6.45, 7) is 11.6. The van der Waals surface area contributed by atoms with Crippen LogP contribution < -0.4 is 4.72 Å². The maximum atomic E-state index is 14.9. The van der Waals surface area contributed by atoms with Crippen molar-refractivity contribution in [1.82, 2.24) is 9.62 Å². The Labute approximate surface area is 189 Å². The van der Waals surface area contributed by atoms with E-state index in [2.05, 4.69) is 16.3 Å². The Morgan fingerprint density at radius 1 is 1.34 bits per heavy atom. The highest BCUT2D eigenvalue weighted by molar-refractivity contribution is 7.91. The van der Waals surface area contributed by atoms with Crippen molar-refractivity contribution in [3.63, 3.8) is 0 Å². The minimum Gasteiger partial charge on any atom is -0.348 e. The zero-order valence-electron chi connectivity index (χ0n) is 19.2. The maximum Gasteiger partial charge on any atom is 0.238 e. The average Bonchev–Trinajstić information content (AvgIpc) is 3.39. The zero-order chi connectivity index (χ0) is 23.5. The molecule has 1 saturated heterocycles. The van der Waals surface area contributed by atoms with Crippen LogP contribution in [0.1, 0.15) is 59.8 Å². The minimum atomic E-state index is -3.81. The number of nitrogens with one attached hydrogen (secondary N) is 1. The van der Waals surface area contributed by atoms with Crippen molar-refractivity contribution in [1.29, 1.82) is 0 Å². The van der Waals surface area contributed by atoms with Gasteiger partial charge in [-0.25, -0.2) is 12.8 Å². The summed E-state index contributed by atoms with van der Waals surface area (Å²) in [4.78, 5) is 19.2. The van der Waals surface area contributed by atoms with Crippen LogP contribution >= 0.6 is 0 Å². The predicted molar refractivity (Wildman–Crippen MR) is 121 cm³/mol. The second kappa shape index (κ2) is 7.52. The fraction of sp³-hybridized carbons (Fsp3) is 0.652. The Hall–Kier alpha value is -2.00. The average molecular weight is 466 g/mol. The molecule has 2 aliphatic heterocycles. The molecule has 2 atom stereocenters. The number of hydrogen-bond donors (Lipinski definition) is 1. The van der Waals surface area contributed by atoms with Crippen LogP contribution in [0.15, 0.2) is 40.9 Å². The van der Waals surface area contributed by atoms with Crippen molar-refractivity contribution in [2.24, 2.45) is 16.3 Å². The van der Waals surface area contributed by atoms with Gasteiger partial charge >= 0.3 is 0 Å². The molecule has 0 bridgehead atoms. The molecular weight excluding hydrogens is 433 g/mol. The lowest BCUT2D eigenvalue weighted by atomic mass is 9.81. The van der Waals surface area contributed by atoms with Gasteiger partial charge in [-0.3, -0.25) is 14.5 Å². The van der Waals surface area contributed by atoms with Crippen LogP contribution in [0.3, 0.4) is 0 Å². The first-order valence-corrected chi connectivity index (χ1v) is 12.6. The third kappa shape index (κ3) is 3.63. The number of ether oxygens (including phenoxy) is 1. The second-order valence-corrected chi connectivity index (χ2v) is 12.2. The first-order chi connectivity index (χ1) is 14.9. The molecule has 2 heterocycles. The van der Waals surface area contributed by atoms with E-state index in [4.69, 9.17) is 4.74 Å². The summed E-state index contributed by atoms with van der Waals surface area (Å²) >= 11 is 0. The van der Waals surface area contributed by atoms with Crippen LogP contribution in [-0.4, -0.2) is 48.6 Å². The lowest BCUT2D eigenvalue weighted by Crippen LogP contribution is -2.58. The van der Waals surface area contributed by atoms with Crippen LogP contribution in [0, 0.1) is 11.3 Å². The number of nitrogens with zero attached hydrogens (tertiary/aromatic N) is 2. The molecule has 0 aromatic carbocycles. The lowest BCUT2D eigenvalue weighted by molar-refractivity contribution is -0.147. The van der Waals surface area contributed by atoms with Gasteiger partial charge in [-0.05, 0) is 57.4 Å². The smallest absolute Gasteiger partial charge is 0.238 e. The van der Waals surface area contributed by atoms with Crippen LogP contribution in [0.5, 0.6) is 0 Å². The van der Waals surface area contributed by atoms with Crippen LogP contribution in [0.4, 0.5) is 4.39 Å². The van der Waals surface area contributed by atoms with Gasteiger partial charge in [0, 0.05) is 6.54 Å². The highest BCUT2D eigenvalue weighted by atomic mass is 32.2. The Kier molecular flexibility index (Phi) is 5.44. The molecule has 1 saturated carbocycles. The van der Waals surface area contributed by atoms with Gasteiger partial charge in [0.1, 0.15) is 11.5 Å². The number of amides is 1. The topological polar surface area (TPSA) is 88.1 Å². The first-order valence-electron chi connectivity index (χ1n) is 11.2. The van der Waals surface area contributed by atoms with Crippen molar-refractivity contribution in [3.8, 4) is 0 Å². The van der Waals surface area contributed by atoms with E-state index >= 15 is 0 Å². The molecule has 4 aliphatic rings. The van der Waals surface area contributed by atoms with E-state index in [1.807, 2.05) is 13.8 Å². The number of aliphatic imine (C=N–C) groups is 1. The third-order valence-corrected chi connectivity index (χ3v) is 9.35. The van der Waals surface area contributed by atoms with Crippen LogP contribution in [0.2, 0.25) is 0 Å². The molecular formula is C23H32FN3O4S. The van der Waals surface area contributed by atoms with Crippen molar-refractivity contribution in [2.75, 3.05) is 13.2 Å². The van der Waals surface area contributed by atoms with Crippen LogP contribution in [0.25, 0.3) is 0 Å². The Morgan fingerprint density at radius 3 is 2.62 bits per heavy atom. The van der Waals surface area contributed by atoms with Gasteiger partial charge in [-0.2, -0.15) is 0 Å².